The van der Waals surface area contributed by atoms with Crippen LogP contribution in [0.2, 0.25) is 0 Å². The number of para-hydroxylation sites is 2. The highest BCUT2D eigenvalue weighted by atomic mass is 16.3. The molecule has 0 aromatic heterocycles. The first-order valence-electron chi connectivity index (χ1n) is 8.74. The highest BCUT2D eigenvalue weighted by molar-refractivity contribution is 5.98. The normalized spacial score (nSPS) is 19.5. The van der Waals surface area contributed by atoms with Gasteiger partial charge in [0, 0.05) is 12.1 Å². The van der Waals surface area contributed by atoms with Crippen LogP contribution in [0.5, 0.6) is 11.5 Å². The fraction of sp³-hybridized carbons (Fsp3) is 0.300. The van der Waals surface area contributed by atoms with Crippen molar-refractivity contribution in [3.05, 3.63) is 59.7 Å². The zero-order valence-electron chi connectivity index (χ0n) is 14.3. The summed E-state index contributed by atoms with van der Waals surface area (Å²) in [6, 6.07) is 12.3. The van der Waals surface area contributed by atoms with Gasteiger partial charge in [-0.15, -0.1) is 0 Å². The Morgan fingerprint density at radius 1 is 0.731 bits per heavy atom. The molecule has 4 N–H and O–H groups in total. The van der Waals surface area contributed by atoms with Crippen molar-refractivity contribution in [1.82, 2.24) is 10.6 Å². The topological polar surface area (TPSA) is 98.7 Å². The van der Waals surface area contributed by atoms with Gasteiger partial charge in [0.2, 0.25) is 0 Å². The quantitative estimate of drug-likeness (QED) is 0.678. The molecule has 26 heavy (non-hydrogen) atoms. The molecule has 6 nitrogen and oxygen atoms in total. The van der Waals surface area contributed by atoms with Gasteiger partial charge in [-0.2, -0.15) is 0 Å². The third-order valence-electron chi connectivity index (χ3n) is 4.70. The van der Waals surface area contributed by atoms with Crippen LogP contribution in [0.15, 0.2) is 48.5 Å². The summed E-state index contributed by atoms with van der Waals surface area (Å²) in [5.41, 5.74) is 0.424. The fourth-order valence-corrected chi connectivity index (χ4v) is 3.30. The summed E-state index contributed by atoms with van der Waals surface area (Å²) in [6.45, 7) is 0. The Morgan fingerprint density at radius 3 is 1.50 bits per heavy atom. The molecular weight excluding hydrogens is 332 g/mol. The first kappa shape index (κ1) is 17.8. The van der Waals surface area contributed by atoms with Gasteiger partial charge >= 0.3 is 0 Å². The summed E-state index contributed by atoms with van der Waals surface area (Å²) in [4.78, 5) is 24.9. The predicted molar refractivity (Wildman–Crippen MR) is 97.2 cm³/mol. The van der Waals surface area contributed by atoms with E-state index in [1.54, 1.807) is 36.4 Å². The number of aromatic hydroxyl groups is 2. The lowest BCUT2D eigenvalue weighted by atomic mass is 9.89. The van der Waals surface area contributed by atoms with E-state index in [4.69, 9.17) is 0 Å². The van der Waals surface area contributed by atoms with E-state index in [-0.39, 0.29) is 46.5 Å². The smallest absolute Gasteiger partial charge is 0.255 e. The molecule has 2 aromatic rings. The van der Waals surface area contributed by atoms with Gasteiger partial charge in [0.25, 0.3) is 11.8 Å². The van der Waals surface area contributed by atoms with Crippen LogP contribution in [0.1, 0.15) is 46.4 Å². The number of benzene rings is 2. The van der Waals surface area contributed by atoms with Crippen molar-refractivity contribution in [2.45, 2.75) is 37.8 Å². The maximum Gasteiger partial charge on any atom is 0.255 e. The van der Waals surface area contributed by atoms with Crippen molar-refractivity contribution in [2.24, 2.45) is 0 Å². The molecule has 2 aromatic carbocycles. The number of amides is 2. The molecule has 1 fully saturated rings. The summed E-state index contributed by atoms with van der Waals surface area (Å²) < 4.78 is 0. The van der Waals surface area contributed by atoms with Crippen LogP contribution in [-0.2, 0) is 0 Å². The van der Waals surface area contributed by atoms with Gasteiger partial charge in [-0.3, -0.25) is 9.59 Å². The fourth-order valence-electron chi connectivity index (χ4n) is 3.30. The number of hydrogen-bond donors (Lipinski definition) is 4. The van der Waals surface area contributed by atoms with Crippen LogP contribution in [0.4, 0.5) is 0 Å². The van der Waals surface area contributed by atoms with Gasteiger partial charge in [0.05, 0.1) is 11.1 Å². The standard InChI is InChI=1S/C20H22N2O4/c23-17-11-5-1-7-13(17)19(25)21-15-9-3-4-10-16(15)22-20(26)14-8-2-6-12-18(14)24/h1-2,5-8,11-12,15-16,23-24H,3-4,9-10H2,(H,21,25)(H,22,26)/t15-,16-/m0/s1. The number of hydrogen-bond acceptors (Lipinski definition) is 4. The van der Waals surface area contributed by atoms with Crippen LogP contribution in [0.3, 0.4) is 0 Å². The maximum atomic E-state index is 12.5. The zero-order chi connectivity index (χ0) is 18.5. The summed E-state index contributed by atoms with van der Waals surface area (Å²) in [5, 5.41) is 25.5. The third-order valence-corrected chi connectivity index (χ3v) is 4.70. The molecule has 0 heterocycles. The van der Waals surface area contributed by atoms with Crippen LogP contribution in [-0.4, -0.2) is 34.1 Å². The van der Waals surface area contributed by atoms with Gasteiger partial charge < -0.3 is 20.8 Å². The van der Waals surface area contributed by atoms with Crippen LogP contribution >= 0.6 is 0 Å². The van der Waals surface area contributed by atoms with Gasteiger partial charge in [0.1, 0.15) is 11.5 Å². The number of rotatable bonds is 4. The van der Waals surface area contributed by atoms with E-state index in [9.17, 15) is 19.8 Å². The molecule has 136 valence electrons. The molecule has 0 saturated heterocycles. The molecule has 2 atom stereocenters. The average molecular weight is 354 g/mol. The van der Waals surface area contributed by atoms with Crippen LogP contribution in [0.25, 0.3) is 0 Å². The molecule has 2 amide bonds. The summed E-state index contributed by atoms with van der Waals surface area (Å²) in [7, 11) is 0. The average Bonchev–Trinajstić information content (AvgIpc) is 2.64. The molecule has 3 rings (SSSR count). The minimum atomic E-state index is -0.364. The van der Waals surface area contributed by atoms with E-state index < -0.39 is 0 Å². The van der Waals surface area contributed by atoms with Crippen LogP contribution in [0, 0.1) is 0 Å². The van der Waals surface area contributed by atoms with E-state index in [0.717, 1.165) is 25.7 Å². The molecule has 0 spiro atoms. The monoisotopic (exact) mass is 354 g/mol. The molecule has 0 bridgehead atoms. The van der Waals surface area contributed by atoms with Crippen LogP contribution < -0.4 is 10.6 Å². The molecule has 6 heteroatoms. The first-order chi connectivity index (χ1) is 12.6. The number of phenols is 2. The van der Waals surface area contributed by atoms with Crippen molar-refractivity contribution in [1.29, 1.82) is 0 Å². The molecule has 1 saturated carbocycles. The van der Waals surface area contributed by atoms with Crippen molar-refractivity contribution < 1.29 is 19.8 Å². The SMILES string of the molecule is O=C(N[C@H]1CCCC[C@@H]1NC(=O)c1ccccc1O)c1ccccc1O. The third kappa shape index (κ3) is 3.96. The second-order valence-electron chi connectivity index (χ2n) is 6.48. The molecule has 1 aliphatic rings. The van der Waals surface area contributed by atoms with Crippen molar-refractivity contribution >= 4 is 11.8 Å². The molecular formula is C20H22N2O4. The van der Waals surface area contributed by atoms with Crippen molar-refractivity contribution in [3.63, 3.8) is 0 Å². The van der Waals surface area contributed by atoms with Crippen molar-refractivity contribution in [2.75, 3.05) is 0 Å². The lowest BCUT2D eigenvalue weighted by Gasteiger charge is -2.33. The Labute approximate surface area is 151 Å². The van der Waals surface area contributed by atoms with E-state index in [1.165, 1.54) is 12.1 Å². The Hall–Kier alpha value is -3.02. The minimum absolute atomic E-state index is 0.0735. The maximum absolute atomic E-state index is 12.5. The number of nitrogens with one attached hydrogen (secondary N) is 2. The molecule has 1 aliphatic carbocycles. The largest absolute Gasteiger partial charge is 0.507 e. The van der Waals surface area contributed by atoms with E-state index >= 15 is 0 Å². The van der Waals surface area contributed by atoms with Gasteiger partial charge in [-0.05, 0) is 37.1 Å². The number of carbonyl (C=O) groups excluding carboxylic acids is 2. The van der Waals surface area contributed by atoms with E-state index in [0.29, 0.717) is 0 Å². The summed E-state index contributed by atoms with van der Waals surface area (Å²) in [5.74, 6) is -0.875. The van der Waals surface area contributed by atoms with Gasteiger partial charge in [-0.1, -0.05) is 37.1 Å². The highest BCUT2D eigenvalue weighted by Crippen LogP contribution is 2.22. The van der Waals surface area contributed by atoms with Gasteiger partial charge in [0.15, 0.2) is 0 Å². The van der Waals surface area contributed by atoms with Gasteiger partial charge in [-0.25, -0.2) is 0 Å². The summed E-state index contributed by atoms with van der Waals surface area (Å²) >= 11 is 0. The Kier molecular flexibility index (Phi) is 5.41. The predicted octanol–water partition coefficient (Wildman–Crippen LogP) is 2.57. The molecule has 0 radical (unpaired) electrons. The lowest BCUT2D eigenvalue weighted by molar-refractivity contribution is 0.0859. The van der Waals surface area contributed by atoms with E-state index in [1.807, 2.05) is 0 Å². The van der Waals surface area contributed by atoms with E-state index in [2.05, 4.69) is 10.6 Å². The Bertz CT molecular complexity index is 738. The number of carbonyl (C=O) groups is 2. The lowest BCUT2D eigenvalue weighted by Crippen LogP contribution is -2.53. The second kappa shape index (κ2) is 7.91. The Balaban J connectivity index is 1.70. The summed E-state index contributed by atoms with van der Waals surface area (Å²) in [6.07, 6.45) is 3.39. The number of phenolic OH excluding ortho intramolecular Hbond substituents is 2. The second-order valence-corrected chi connectivity index (χ2v) is 6.48. The molecule has 0 aliphatic heterocycles. The highest BCUT2D eigenvalue weighted by Gasteiger charge is 2.29. The van der Waals surface area contributed by atoms with Crippen molar-refractivity contribution in [3.8, 4) is 11.5 Å². The molecule has 0 unspecified atom stereocenters. The minimum Gasteiger partial charge on any atom is -0.507 e. The Morgan fingerprint density at radius 2 is 1.12 bits per heavy atom. The zero-order valence-corrected chi connectivity index (χ0v) is 14.3. The first-order valence-corrected chi connectivity index (χ1v) is 8.74.